The zero-order chi connectivity index (χ0) is 14.7. The second-order valence-electron chi connectivity index (χ2n) is 5.49. The number of carbonyl (C=O) groups excluding carboxylic acids is 1. The molecule has 3 heteroatoms. The molecule has 1 saturated heterocycles. The standard InChI is InChI=1S/C18H20O3/c1-13(19)16-9-8-14-5-2-3-7-17(14)18(16)21-12-10-15-6-4-11-20-15/h2-3,5,7-9,15H,4,6,10-12H2,1H3. The van der Waals surface area contributed by atoms with E-state index in [1.165, 1.54) is 0 Å². The average molecular weight is 284 g/mol. The van der Waals surface area contributed by atoms with Gasteiger partial charge in [-0.3, -0.25) is 4.79 Å². The summed E-state index contributed by atoms with van der Waals surface area (Å²) in [7, 11) is 0. The van der Waals surface area contributed by atoms with Crippen molar-refractivity contribution in [3.05, 3.63) is 42.0 Å². The van der Waals surface area contributed by atoms with Crippen LogP contribution in [0.5, 0.6) is 5.75 Å². The summed E-state index contributed by atoms with van der Waals surface area (Å²) in [4.78, 5) is 11.8. The summed E-state index contributed by atoms with van der Waals surface area (Å²) in [5.41, 5.74) is 0.654. The van der Waals surface area contributed by atoms with Crippen LogP contribution in [0.4, 0.5) is 0 Å². The van der Waals surface area contributed by atoms with E-state index in [4.69, 9.17) is 9.47 Å². The molecule has 3 nitrogen and oxygen atoms in total. The van der Waals surface area contributed by atoms with Crippen LogP contribution in [-0.4, -0.2) is 25.1 Å². The lowest BCUT2D eigenvalue weighted by molar-refractivity contribution is 0.0900. The lowest BCUT2D eigenvalue weighted by Crippen LogP contribution is -2.12. The van der Waals surface area contributed by atoms with Gasteiger partial charge in [0.1, 0.15) is 5.75 Å². The predicted octanol–water partition coefficient (Wildman–Crippen LogP) is 3.99. The third kappa shape index (κ3) is 3.08. The number of ketones is 1. The van der Waals surface area contributed by atoms with Crippen LogP contribution in [0.25, 0.3) is 10.8 Å². The Labute approximate surface area is 124 Å². The Morgan fingerprint density at radius 1 is 1.29 bits per heavy atom. The van der Waals surface area contributed by atoms with Gasteiger partial charge in [0.25, 0.3) is 0 Å². The molecule has 1 atom stereocenters. The van der Waals surface area contributed by atoms with Crippen molar-refractivity contribution in [3.63, 3.8) is 0 Å². The molecule has 1 fully saturated rings. The number of fused-ring (bicyclic) bond motifs is 1. The van der Waals surface area contributed by atoms with Crippen LogP contribution in [0, 0.1) is 0 Å². The van der Waals surface area contributed by atoms with E-state index in [1.54, 1.807) is 6.92 Å². The van der Waals surface area contributed by atoms with Crippen molar-refractivity contribution in [1.82, 2.24) is 0 Å². The number of rotatable bonds is 5. The van der Waals surface area contributed by atoms with Crippen molar-refractivity contribution in [2.24, 2.45) is 0 Å². The number of ether oxygens (including phenoxy) is 2. The first-order valence-corrected chi connectivity index (χ1v) is 7.53. The Kier molecular flexibility index (Phi) is 4.20. The predicted molar refractivity (Wildman–Crippen MR) is 83.0 cm³/mol. The number of hydrogen-bond acceptors (Lipinski definition) is 3. The van der Waals surface area contributed by atoms with Gasteiger partial charge in [0.15, 0.2) is 5.78 Å². The third-order valence-corrected chi connectivity index (χ3v) is 3.97. The molecule has 0 bridgehead atoms. The fourth-order valence-electron chi connectivity index (χ4n) is 2.84. The van der Waals surface area contributed by atoms with E-state index in [0.29, 0.717) is 24.0 Å². The van der Waals surface area contributed by atoms with E-state index in [2.05, 4.69) is 0 Å². The van der Waals surface area contributed by atoms with Crippen LogP contribution in [-0.2, 0) is 4.74 Å². The largest absolute Gasteiger partial charge is 0.492 e. The fourth-order valence-corrected chi connectivity index (χ4v) is 2.84. The molecule has 0 aromatic heterocycles. The summed E-state index contributed by atoms with van der Waals surface area (Å²) < 4.78 is 11.6. The topological polar surface area (TPSA) is 35.5 Å². The maximum Gasteiger partial charge on any atom is 0.163 e. The Bertz CT molecular complexity index is 642. The van der Waals surface area contributed by atoms with Crippen LogP contribution >= 0.6 is 0 Å². The normalized spacial score (nSPS) is 18.0. The molecule has 1 aliphatic rings. The van der Waals surface area contributed by atoms with Crippen molar-refractivity contribution in [1.29, 1.82) is 0 Å². The van der Waals surface area contributed by atoms with Crippen LogP contribution in [0.15, 0.2) is 36.4 Å². The van der Waals surface area contributed by atoms with E-state index in [0.717, 1.165) is 36.6 Å². The second-order valence-corrected chi connectivity index (χ2v) is 5.49. The molecule has 1 aliphatic heterocycles. The summed E-state index contributed by atoms with van der Waals surface area (Å²) in [5, 5.41) is 2.09. The SMILES string of the molecule is CC(=O)c1ccc2ccccc2c1OCCC1CCCO1. The van der Waals surface area contributed by atoms with Gasteiger partial charge in [0.05, 0.1) is 18.3 Å². The van der Waals surface area contributed by atoms with Crippen LogP contribution in [0.2, 0.25) is 0 Å². The van der Waals surface area contributed by atoms with E-state index in [9.17, 15) is 4.79 Å². The van der Waals surface area contributed by atoms with Crippen molar-refractivity contribution in [2.75, 3.05) is 13.2 Å². The lowest BCUT2D eigenvalue weighted by Gasteiger charge is -2.15. The van der Waals surface area contributed by atoms with Gasteiger partial charge >= 0.3 is 0 Å². The highest BCUT2D eigenvalue weighted by atomic mass is 16.5. The van der Waals surface area contributed by atoms with Gasteiger partial charge in [-0.2, -0.15) is 0 Å². The highest BCUT2D eigenvalue weighted by Crippen LogP contribution is 2.30. The second kappa shape index (κ2) is 6.27. The van der Waals surface area contributed by atoms with Crippen LogP contribution < -0.4 is 4.74 Å². The summed E-state index contributed by atoms with van der Waals surface area (Å²) in [6.45, 7) is 3.02. The van der Waals surface area contributed by atoms with Crippen LogP contribution in [0.3, 0.4) is 0 Å². The first kappa shape index (κ1) is 14.1. The van der Waals surface area contributed by atoms with E-state index in [-0.39, 0.29) is 5.78 Å². The first-order valence-electron chi connectivity index (χ1n) is 7.53. The van der Waals surface area contributed by atoms with Crippen molar-refractivity contribution >= 4 is 16.6 Å². The van der Waals surface area contributed by atoms with Crippen LogP contribution in [0.1, 0.15) is 36.5 Å². The molecule has 0 N–H and O–H groups in total. The number of Topliss-reactive ketones (excluding diaryl/α,β-unsaturated/α-hetero) is 1. The first-order chi connectivity index (χ1) is 10.3. The number of benzene rings is 2. The van der Waals surface area contributed by atoms with Crippen molar-refractivity contribution < 1.29 is 14.3 Å². The van der Waals surface area contributed by atoms with Crippen molar-refractivity contribution in [2.45, 2.75) is 32.3 Å². The minimum Gasteiger partial charge on any atom is -0.492 e. The zero-order valence-corrected chi connectivity index (χ0v) is 12.3. The lowest BCUT2D eigenvalue weighted by atomic mass is 10.0. The van der Waals surface area contributed by atoms with Gasteiger partial charge in [-0.1, -0.05) is 30.3 Å². The summed E-state index contributed by atoms with van der Waals surface area (Å²) >= 11 is 0. The average Bonchev–Trinajstić information content (AvgIpc) is 3.00. The highest BCUT2D eigenvalue weighted by molar-refractivity contribution is 6.03. The van der Waals surface area contributed by atoms with E-state index in [1.807, 2.05) is 36.4 Å². The molecule has 2 aromatic carbocycles. The Morgan fingerprint density at radius 2 is 2.14 bits per heavy atom. The summed E-state index contributed by atoms with van der Waals surface area (Å²) in [5.74, 6) is 0.742. The molecule has 0 radical (unpaired) electrons. The molecule has 2 aromatic rings. The molecular weight excluding hydrogens is 264 g/mol. The minimum absolute atomic E-state index is 0.0351. The van der Waals surface area contributed by atoms with Gasteiger partial charge < -0.3 is 9.47 Å². The molecule has 0 aliphatic carbocycles. The van der Waals surface area contributed by atoms with Gasteiger partial charge in [0, 0.05) is 18.4 Å². The number of hydrogen-bond donors (Lipinski definition) is 0. The molecule has 1 unspecified atom stereocenters. The molecule has 1 heterocycles. The molecule has 110 valence electrons. The molecule has 0 saturated carbocycles. The highest BCUT2D eigenvalue weighted by Gasteiger charge is 2.17. The quantitative estimate of drug-likeness (QED) is 0.779. The minimum atomic E-state index is 0.0351. The van der Waals surface area contributed by atoms with Gasteiger partial charge in [-0.25, -0.2) is 0 Å². The maximum atomic E-state index is 11.8. The van der Waals surface area contributed by atoms with Gasteiger partial charge in [-0.05, 0) is 31.2 Å². The van der Waals surface area contributed by atoms with Gasteiger partial charge in [0.2, 0.25) is 0 Å². The number of carbonyl (C=O) groups is 1. The molecule has 21 heavy (non-hydrogen) atoms. The third-order valence-electron chi connectivity index (χ3n) is 3.97. The zero-order valence-electron chi connectivity index (χ0n) is 12.3. The van der Waals surface area contributed by atoms with Gasteiger partial charge in [-0.15, -0.1) is 0 Å². The smallest absolute Gasteiger partial charge is 0.163 e. The fraction of sp³-hybridized carbons (Fsp3) is 0.389. The monoisotopic (exact) mass is 284 g/mol. The summed E-state index contributed by atoms with van der Waals surface area (Å²) in [6, 6.07) is 11.8. The van der Waals surface area contributed by atoms with Crippen molar-refractivity contribution in [3.8, 4) is 5.75 Å². The molecule has 3 rings (SSSR count). The van der Waals surface area contributed by atoms with E-state index < -0.39 is 0 Å². The molecule has 0 amide bonds. The maximum absolute atomic E-state index is 11.8. The Morgan fingerprint density at radius 3 is 2.90 bits per heavy atom. The Balaban J connectivity index is 1.83. The summed E-state index contributed by atoms with van der Waals surface area (Å²) in [6.07, 6.45) is 3.43. The molecular formula is C18H20O3. The molecule has 0 spiro atoms. The Hall–Kier alpha value is -1.87. The van der Waals surface area contributed by atoms with E-state index >= 15 is 0 Å².